The lowest BCUT2D eigenvalue weighted by Crippen LogP contribution is -2.27. The molecule has 1 heterocycles. The first-order chi connectivity index (χ1) is 15.6. The summed E-state index contributed by atoms with van der Waals surface area (Å²) in [7, 11) is 0. The van der Waals surface area contributed by atoms with Crippen LogP contribution < -0.4 is 10.6 Å². The number of carbonyl (C=O) groups is 2. The summed E-state index contributed by atoms with van der Waals surface area (Å²) >= 11 is 7.50. The van der Waals surface area contributed by atoms with E-state index in [-0.39, 0.29) is 17.2 Å². The Morgan fingerprint density at radius 2 is 1.70 bits per heavy atom. The van der Waals surface area contributed by atoms with Crippen molar-refractivity contribution < 1.29 is 9.59 Å². The predicted octanol–water partition coefficient (Wildman–Crippen LogP) is 7.37. The fourth-order valence-corrected chi connectivity index (χ4v) is 5.77. The van der Waals surface area contributed by atoms with Gasteiger partial charge < -0.3 is 10.6 Å². The van der Waals surface area contributed by atoms with E-state index in [2.05, 4.69) is 31.4 Å². The Kier molecular flexibility index (Phi) is 6.64. The smallest absolute Gasteiger partial charge is 0.258 e. The van der Waals surface area contributed by atoms with Crippen LogP contribution in [0.1, 0.15) is 63.9 Å². The summed E-state index contributed by atoms with van der Waals surface area (Å²) in [6.07, 6.45) is 2.79. The second-order valence-electron chi connectivity index (χ2n) is 9.74. The number of benzene rings is 2. The normalized spacial score (nSPS) is 15.6. The lowest BCUT2D eigenvalue weighted by molar-refractivity contribution is 0.102. The molecule has 33 heavy (non-hydrogen) atoms. The third-order valence-corrected chi connectivity index (χ3v) is 7.87. The molecular weight excluding hydrogens is 452 g/mol. The maximum absolute atomic E-state index is 13.5. The highest BCUT2D eigenvalue weighted by Gasteiger charge is 2.34. The van der Waals surface area contributed by atoms with Gasteiger partial charge >= 0.3 is 0 Å². The number of hydrogen-bond donors (Lipinski definition) is 2. The number of para-hydroxylation sites is 1. The molecule has 0 bridgehead atoms. The molecule has 3 aromatic rings. The zero-order valence-electron chi connectivity index (χ0n) is 19.4. The summed E-state index contributed by atoms with van der Waals surface area (Å²) in [5.41, 5.74) is 4.13. The first kappa shape index (κ1) is 23.5. The van der Waals surface area contributed by atoms with Crippen LogP contribution in [0.2, 0.25) is 5.02 Å². The van der Waals surface area contributed by atoms with Gasteiger partial charge in [-0.2, -0.15) is 0 Å². The molecule has 6 heteroatoms. The number of carbonyl (C=O) groups excluding carboxylic acids is 2. The Labute approximate surface area is 204 Å². The lowest BCUT2D eigenvalue weighted by atomic mass is 9.72. The van der Waals surface area contributed by atoms with E-state index < -0.39 is 0 Å². The molecule has 0 radical (unpaired) electrons. The molecule has 0 saturated carbocycles. The van der Waals surface area contributed by atoms with E-state index in [1.807, 2.05) is 31.2 Å². The Hall–Kier alpha value is -2.63. The maximum atomic E-state index is 13.5. The van der Waals surface area contributed by atoms with E-state index >= 15 is 0 Å². The largest absolute Gasteiger partial charge is 0.322 e. The third-order valence-electron chi connectivity index (χ3n) is 6.44. The van der Waals surface area contributed by atoms with Gasteiger partial charge in [0.2, 0.25) is 0 Å². The molecule has 1 aliphatic carbocycles. The van der Waals surface area contributed by atoms with Crippen molar-refractivity contribution in [3.63, 3.8) is 0 Å². The van der Waals surface area contributed by atoms with Crippen LogP contribution in [0.5, 0.6) is 0 Å². The van der Waals surface area contributed by atoms with Crippen molar-refractivity contribution in [2.45, 2.75) is 47.0 Å². The van der Waals surface area contributed by atoms with Gasteiger partial charge in [-0.3, -0.25) is 9.59 Å². The Morgan fingerprint density at radius 1 is 1.00 bits per heavy atom. The molecule has 2 aromatic carbocycles. The minimum Gasteiger partial charge on any atom is -0.322 e. The molecule has 2 N–H and O–H groups in total. The highest BCUT2D eigenvalue weighted by Crippen LogP contribution is 2.44. The average molecular weight is 481 g/mol. The molecule has 0 spiro atoms. The van der Waals surface area contributed by atoms with Gasteiger partial charge in [-0.1, -0.05) is 50.6 Å². The van der Waals surface area contributed by atoms with E-state index in [0.717, 1.165) is 36.1 Å². The average Bonchev–Trinajstić information content (AvgIpc) is 3.12. The van der Waals surface area contributed by atoms with Crippen LogP contribution in [-0.4, -0.2) is 11.8 Å². The van der Waals surface area contributed by atoms with Gasteiger partial charge in [0.15, 0.2) is 0 Å². The molecule has 0 fully saturated rings. The van der Waals surface area contributed by atoms with Crippen molar-refractivity contribution in [3.05, 3.63) is 80.7 Å². The Balaban J connectivity index is 1.69. The van der Waals surface area contributed by atoms with Crippen LogP contribution in [0, 0.1) is 18.3 Å². The van der Waals surface area contributed by atoms with Crippen molar-refractivity contribution in [3.8, 4) is 0 Å². The zero-order chi connectivity index (χ0) is 23.8. The summed E-state index contributed by atoms with van der Waals surface area (Å²) in [6.45, 7) is 8.78. The van der Waals surface area contributed by atoms with Crippen LogP contribution in [0.3, 0.4) is 0 Å². The van der Waals surface area contributed by atoms with Gasteiger partial charge in [0.1, 0.15) is 5.00 Å². The van der Waals surface area contributed by atoms with Gasteiger partial charge in [-0.15, -0.1) is 11.3 Å². The van der Waals surface area contributed by atoms with E-state index in [4.69, 9.17) is 11.6 Å². The summed E-state index contributed by atoms with van der Waals surface area (Å²) in [5, 5.41) is 7.26. The fourth-order valence-electron chi connectivity index (χ4n) is 4.33. The third kappa shape index (κ3) is 5.15. The van der Waals surface area contributed by atoms with Crippen molar-refractivity contribution in [2.75, 3.05) is 10.6 Å². The van der Waals surface area contributed by atoms with Gasteiger partial charge in [0.25, 0.3) is 11.8 Å². The molecule has 1 aromatic heterocycles. The number of hydrogen-bond acceptors (Lipinski definition) is 3. The first-order valence-corrected chi connectivity index (χ1v) is 12.4. The van der Waals surface area contributed by atoms with Crippen LogP contribution in [0.4, 0.5) is 10.7 Å². The number of nitrogens with one attached hydrogen (secondary N) is 2. The van der Waals surface area contributed by atoms with Crippen LogP contribution in [-0.2, 0) is 12.8 Å². The minimum atomic E-state index is -0.248. The second-order valence-corrected chi connectivity index (χ2v) is 11.3. The quantitative estimate of drug-likeness (QED) is 0.409. The molecule has 1 aliphatic rings. The van der Waals surface area contributed by atoms with Crippen LogP contribution in [0.15, 0.2) is 48.5 Å². The first-order valence-electron chi connectivity index (χ1n) is 11.2. The lowest BCUT2D eigenvalue weighted by Gasteiger charge is -2.33. The number of anilines is 2. The highest BCUT2D eigenvalue weighted by atomic mass is 35.5. The van der Waals surface area contributed by atoms with Gasteiger partial charge in [0, 0.05) is 21.2 Å². The van der Waals surface area contributed by atoms with Crippen LogP contribution in [0.25, 0.3) is 0 Å². The standard InChI is InChI=1S/C27H29ClN2O2S/c1-16-7-5-6-8-21(16)29-25(32)23-20-14-11-18(27(2,3)4)15-22(20)33-26(23)30-24(31)17-9-12-19(28)13-10-17/h5-10,12-13,18H,11,14-15H2,1-4H3,(H,29,32)(H,30,31). The van der Waals surface area contributed by atoms with Crippen LogP contribution >= 0.6 is 22.9 Å². The van der Waals surface area contributed by atoms with E-state index in [1.54, 1.807) is 24.3 Å². The molecule has 4 nitrogen and oxygen atoms in total. The Bertz CT molecular complexity index is 1190. The molecule has 0 aliphatic heterocycles. The summed E-state index contributed by atoms with van der Waals surface area (Å²) in [5.74, 6) is 0.112. The number of halogens is 1. The number of rotatable bonds is 4. The van der Waals surface area contributed by atoms with E-state index in [1.165, 1.54) is 16.2 Å². The second kappa shape index (κ2) is 9.32. The van der Waals surface area contributed by atoms with E-state index in [0.29, 0.717) is 27.1 Å². The molecule has 1 unspecified atom stereocenters. The van der Waals surface area contributed by atoms with Gasteiger partial charge in [-0.25, -0.2) is 0 Å². The molecular formula is C27H29ClN2O2S. The zero-order valence-corrected chi connectivity index (χ0v) is 21.0. The molecule has 1 atom stereocenters. The minimum absolute atomic E-state index is 0.178. The maximum Gasteiger partial charge on any atom is 0.258 e. The van der Waals surface area contributed by atoms with Crippen molar-refractivity contribution in [1.82, 2.24) is 0 Å². The summed E-state index contributed by atoms with van der Waals surface area (Å²) < 4.78 is 0. The van der Waals surface area contributed by atoms with Crippen molar-refractivity contribution in [2.24, 2.45) is 11.3 Å². The van der Waals surface area contributed by atoms with Gasteiger partial charge in [0.05, 0.1) is 5.56 Å². The molecule has 172 valence electrons. The van der Waals surface area contributed by atoms with E-state index in [9.17, 15) is 9.59 Å². The molecule has 2 amide bonds. The number of fused-ring (bicyclic) bond motifs is 1. The van der Waals surface area contributed by atoms with Crippen molar-refractivity contribution >= 4 is 45.4 Å². The Morgan fingerprint density at radius 3 is 2.36 bits per heavy atom. The summed E-state index contributed by atoms with van der Waals surface area (Å²) in [6, 6.07) is 14.5. The van der Waals surface area contributed by atoms with Crippen molar-refractivity contribution in [1.29, 1.82) is 0 Å². The SMILES string of the molecule is Cc1ccccc1NC(=O)c1c(NC(=O)c2ccc(Cl)cc2)sc2c1CCC(C(C)(C)C)C2. The monoisotopic (exact) mass is 480 g/mol. The summed E-state index contributed by atoms with van der Waals surface area (Å²) in [4.78, 5) is 27.7. The van der Waals surface area contributed by atoms with Gasteiger partial charge in [-0.05, 0) is 79.0 Å². The number of thiophene rings is 1. The topological polar surface area (TPSA) is 58.2 Å². The number of amides is 2. The molecule has 4 rings (SSSR count). The molecule has 0 saturated heterocycles. The fraction of sp³-hybridized carbons (Fsp3) is 0.333. The number of aryl methyl sites for hydroxylation is 1. The highest BCUT2D eigenvalue weighted by molar-refractivity contribution is 7.17. The predicted molar refractivity (Wildman–Crippen MR) is 138 cm³/mol.